The number of hydrogen-bond acceptors (Lipinski definition) is 3. The number of nitrogens with zero attached hydrogens (tertiary/aromatic N) is 1. The average molecular weight is 268 g/mol. The van der Waals surface area contributed by atoms with Crippen LogP contribution in [0, 0.1) is 18.8 Å². The zero-order valence-electron chi connectivity index (χ0n) is 11.6. The highest BCUT2D eigenvalue weighted by Gasteiger charge is 2.12. The van der Waals surface area contributed by atoms with Crippen LogP contribution in [0.4, 0.5) is 0 Å². The van der Waals surface area contributed by atoms with Crippen LogP contribution in [0.3, 0.4) is 0 Å². The van der Waals surface area contributed by atoms with Gasteiger partial charge in [0.05, 0.1) is 6.54 Å². The number of furan rings is 1. The van der Waals surface area contributed by atoms with Crippen molar-refractivity contribution in [1.29, 1.82) is 0 Å². The molecule has 0 radical (unpaired) electrons. The number of nitrogens with one attached hydrogen (secondary N) is 1. The molecule has 4 nitrogen and oxygen atoms in total. The smallest absolute Gasteiger partial charge is 0.287 e. The molecule has 0 bridgehead atoms. The number of hydrogen-bond donors (Lipinski definition) is 1. The molecule has 102 valence electrons. The third-order valence-electron chi connectivity index (χ3n) is 2.78. The summed E-state index contributed by atoms with van der Waals surface area (Å²) in [5.74, 6) is 6.65. The van der Waals surface area contributed by atoms with E-state index in [2.05, 4.69) is 22.1 Å². The van der Waals surface area contributed by atoms with Crippen molar-refractivity contribution >= 4 is 5.91 Å². The fraction of sp³-hybridized carbons (Fsp3) is 0.250. The van der Waals surface area contributed by atoms with Gasteiger partial charge in [-0.05, 0) is 36.6 Å². The lowest BCUT2D eigenvalue weighted by Gasteiger charge is -1.96. The van der Waals surface area contributed by atoms with Crippen LogP contribution in [-0.4, -0.2) is 17.4 Å². The number of pyridine rings is 1. The molecule has 0 spiro atoms. The topological polar surface area (TPSA) is 55.1 Å². The Morgan fingerprint density at radius 3 is 2.95 bits per heavy atom. The first-order valence-corrected chi connectivity index (χ1v) is 6.48. The van der Waals surface area contributed by atoms with Crippen LogP contribution in [0.2, 0.25) is 0 Å². The van der Waals surface area contributed by atoms with Gasteiger partial charge < -0.3 is 9.73 Å². The molecule has 20 heavy (non-hydrogen) atoms. The monoisotopic (exact) mass is 268 g/mol. The van der Waals surface area contributed by atoms with Crippen molar-refractivity contribution in [1.82, 2.24) is 10.3 Å². The number of rotatable bonds is 3. The van der Waals surface area contributed by atoms with Crippen LogP contribution in [0.25, 0.3) is 0 Å². The van der Waals surface area contributed by atoms with Crippen molar-refractivity contribution in [3.8, 4) is 11.8 Å². The Bertz CT molecular complexity index is 648. The quantitative estimate of drug-likeness (QED) is 0.869. The van der Waals surface area contributed by atoms with E-state index in [0.29, 0.717) is 11.5 Å². The van der Waals surface area contributed by atoms with E-state index >= 15 is 0 Å². The minimum Gasteiger partial charge on any atom is -0.456 e. The first-order chi connectivity index (χ1) is 9.70. The van der Waals surface area contributed by atoms with E-state index in [4.69, 9.17) is 4.42 Å². The van der Waals surface area contributed by atoms with Gasteiger partial charge in [-0.3, -0.25) is 4.79 Å². The Morgan fingerprint density at radius 1 is 1.45 bits per heavy atom. The molecule has 0 unspecified atom stereocenters. The van der Waals surface area contributed by atoms with Crippen molar-refractivity contribution in [3.63, 3.8) is 0 Å². The van der Waals surface area contributed by atoms with Crippen molar-refractivity contribution in [2.45, 2.75) is 20.3 Å². The van der Waals surface area contributed by atoms with E-state index < -0.39 is 0 Å². The summed E-state index contributed by atoms with van der Waals surface area (Å²) in [6.45, 7) is 4.18. The Morgan fingerprint density at radius 2 is 2.30 bits per heavy atom. The van der Waals surface area contributed by atoms with Gasteiger partial charge in [0.2, 0.25) is 0 Å². The van der Waals surface area contributed by atoms with Crippen molar-refractivity contribution in [3.05, 3.63) is 53.2 Å². The van der Waals surface area contributed by atoms with Crippen molar-refractivity contribution in [2.75, 3.05) is 6.54 Å². The van der Waals surface area contributed by atoms with Gasteiger partial charge in [0, 0.05) is 12.6 Å². The Hall–Kier alpha value is -2.54. The van der Waals surface area contributed by atoms with Crippen LogP contribution in [0.5, 0.6) is 0 Å². The first-order valence-electron chi connectivity index (χ1n) is 6.48. The molecule has 0 saturated heterocycles. The van der Waals surface area contributed by atoms with Crippen molar-refractivity contribution < 1.29 is 9.21 Å². The van der Waals surface area contributed by atoms with E-state index in [-0.39, 0.29) is 12.5 Å². The van der Waals surface area contributed by atoms with Gasteiger partial charge in [-0.15, -0.1) is 0 Å². The zero-order chi connectivity index (χ0) is 14.4. The average Bonchev–Trinajstić information content (AvgIpc) is 2.86. The second kappa shape index (κ2) is 6.58. The summed E-state index contributed by atoms with van der Waals surface area (Å²) >= 11 is 0. The molecule has 4 heteroatoms. The summed E-state index contributed by atoms with van der Waals surface area (Å²) in [5, 5.41) is 2.70. The third kappa shape index (κ3) is 3.48. The highest BCUT2D eigenvalue weighted by Crippen LogP contribution is 2.14. The van der Waals surface area contributed by atoms with Gasteiger partial charge in [-0.25, -0.2) is 4.98 Å². The number of carbonyl (C=O) groups excluding carboxylic acids is 1. The van der Waals surface area contributed by atoms with Gasteiger partial charge in [-0.2, -0.15) is 0 Å². The summed E-state index contributed by atoms with van der Waals surface area (Å²) in [6, 6.07) is 7.27. The Kier molecular flexibility index (Phi) is 4.56. The number of carbonyl (C=O) groups is 1. The second-order valence-electron chi connectivity index (χ2n) is 4.27. The molecule has 2 aromatic rings. The molecule has 1 N–H and O–H groups in total. The van der Waals surface area contributed by atoms with Gasteiger partial charge in [0.15, 0.2) is 5.76 Å². The highest BCUT2D eigenvalue weighted by atomic mass is 16.4. The number of aromatic nitrogens is 1. The molecule has 0 aliphatic carbocycles. The second-order valence-corrected chi connectivity index (χ2v) is 4.27. The SMILES string of the molecule is CCc1oc(C(=O)NCC#Cc2ccccn2)cc1C. The molecule has 0 fully saturated rings. The molecule has 2 heterocycles. The predicted octanol–water partition coefficient (Wildman–Crippen LogP) is 2.33. The lowest BCUT2D eigenvalue weighted by Crippen LogP contribution is -2.23. The predicted molar refractivity (Wildman–Crippen MR) is 76.3 cm³/mol. The van der Waals surface area contributed by atoms with Crippen LogP contribution in [-0.2, 0) is 6.42 Å². The first kappa shape index (κ1) is 13.9. The maximum atomic E-state index is 11.8. The highest BCUT2D eigenvalue weighted by molar-refractivity contribution is 5.91. The lowest BCUT2D eigenvalue weighted by molar-refractivity contribution is 0.0929. The minimum atomic E-state index is -0.247. The molecule has 0 atom stereocenters. The number of amides is 1. The third-order valence-corrected chi connectivity index (χ3v) is 2.78. The maximum Gasteiger partial charge on any atom is 0.287 e. The van der Waals surface area contributed by atoms with Crippen LogP contribution in [0.1, 0.15) is 34.5 Å². The van der Waals surface area contributed by atoms with Crippen LogP contribution >= 0.6 is 0 Å². The standard InChI is InChI=1S/C16H16N2O2/c1-3-14-12(2)11-15(20-14)16(19)18-10-6-8-13-7-4-5-9-17-13/h4-5,7,9,11H,3,10H2,1-2H3,(H,18,19). The fourth-order valence-electron chi connectivity index (χ4n) is 1.77. The Balaban J connectivity index is 1.91. The normalized spacial score (nSPS) is 9.70. The molecule has 0 aromatic carbocycles. The molecular weight excluding hydrogens is 252 g/mol. The zero-order valence-corrected chi connectivity index (χ0v) is 11.6. The molecule has 0 aliphatic rings. The summed E-state index contributed by atoms with van der Waals surface area (Å²) in [5.41, 5.74) is 1.68. The van der Waals surface area contributed by atoms with Crippen LogP contribution in [0.15, 0.2) is 34.9 Å². The van der Waals surface area contributed by atoms with Gasteiger partial charge in [0.1, 0.15) is 11.5 Å². The Labute approximate surface area is 118 Å². The van der Waals surface area contributed by atoms with Gasteiger partial charge in [-0.1, -0.05) is 18.9 Å². The summed E-state index contributed by atoms with van der Waals surface area (Å²) < 4.78 is 5.47. The lowest BCUT2D eigenvalue weighted by atomic mass is 10.2. The molecule has 2 aromatic heterocycles. The fourth-order valence-corrected chi connectivity index (χ4v) is 1.77. The molecular formula is C16H16N2O2. The number of aryl methyl sites for hydroxylation is 2. The van der Waals surface area contributed by atoms with E-state index in [0.717, 1.165) is 17.7 Å². The van der Waals surface area contributed by atoms with E-state index in [1.165, 1.54) is 0 Å². The van der Waals surface area contributed by atoms with E-state index in [9.17, 15) is 4.79 Å². The van der Waals surface area contributed by atoms with E-state index in [1.807, 2.05) is 32.0 Å². The summed E-state index contributed by atoms with van der Waals surface area (Å²) in [6.07, 6.45) is 2.46. The van der Waals surface area contributed by atoms with E-state index in [1.54, 1.807) is 12.3 Å². The summed E-state index contributed by atoms with van der Waals surface area (Å²) in [4.78, 5) is 15.9. The van der Waals surface area contributed by atoms with Gasteiger partial charge in [0.25, 0.3) is 5.91 Å². The molecule has 0 aliphatic heterocycles. The maximum absolute atomic E-state index is 11.8. The molecule has 1 amide bonds. The largest absolute Gasteiger partial charge is 0.456 e. The summed E-state index contributed by atoms with van der Waals surface area (Å²) in [7, 11) is 0. The molecule has 2 rings (SSSR count). The minimum absolute atomic E-state index is 0.247. The van der Waals surface area contributed by atoms with Crippen molar-refractivity contribution in [2.24, 2.45) is 0 Å². The molecule has 0 saturated carbocycles. The van der Waals surface area contributed by atoms with Crippen LogP contribution < -0.4 is 5.32 Å². The van der Waals surface area contributed by atoms with Gasteiger partial charge >= 0.3 is 0 Å².